The highest BCUT2D eigenvalue weighted by atomic mass is 16.6. The lowest BCUT2D eigenvalue weighted by Gasteiger charge is -2.16. The van der Waals surface area contributed by atoms with Crippen molar-refractivity contribution in [3.05, 3.63) is 84.5 Å². The summed E-state index contributed by atoms with van der Waals surface area (Å²) in [5.74, 6) is -1.30. The molecule has 0 amide bonds. The first-order valence-corrected chi connectivity index (χ1v) is 9.55. The number of nitrogens with one attached hydrogen (secondary N) is 3. The van der Waals surface area contributed by atoms with Gasteiger partial charge in [0.15, 0.2) is 0 Å². The van der Waals surface area contributed by atoms with Gasteiger partial charge in [0.25, 0.3) is 5.69 Å². The zero-order chi connectivity index (χ0) is 22.1. The summed E-state index contributed by atoms with van der Waals surface area (Å²) in [4.78, 5) is 55.3. The van der Waals surface area contributed by atoms with Crippen molar-refractivity contribution in [3.63, 3.8) is 0 Å². The number of ether oxygens (including phenoxy) is 1. The molecule has 1 atom stereocenters. The quantitative estimate of drug-likeness (QED) is 0.188. The van der Waals surface area contributed by atoms with Crippen molar-refractivity contribution in [2.45, 2.75) is 19.3 Å². The molecule has 0 bridgehead atoms. The van der Waals surface area contributed by atoms with Crippen molar-refractivity contribution in [1.82, 2.24) is 15.0 Å². The SMILES string of the molecule is CCOC(=O)C(Cc1cc([N+](=O)[O-])cc2[nH]c(=O)c(=O)[nH]c12)c1c[nH]c2ccccc12. The van der Waals surface area contributed by atoms with Gasteiger partial charge < -0.3 is 19.7 Å². The smallest absolute Gasteiger partial charge is 0.314 e. The van der Waals surface area contributed by atoms with Gasteiger partial charge >= 0.3 is 17.1 Å². The van der Waals surface area contributed by atoms with E-state index < -0.39 is 27.9 Å². The number of esters is 1. The van der Waals surface area contributed by atoms with E-state index in [1.165, 1.54) is 12.1 Å². The minimum Gasteiger partial charge on any atom is -0.466 e. The Kier molecular flexibility index (Phi) is 5.12. The molecule has 2 heterocycles. The lowest BCUT2D eigenvalue weighted by atomic mass is 9.90. The molecule has 0 aliphatic carbocycles. The van der Waals surface area contributed by atoms with E-state index in [2.05, 4.69) is 15.0 Å². The molecule has 0 saturated heterocycles. The Balaban J connectivity index is 1.91. The molecule has 158 valence electrons. The van der Waals surface area contributed by atoms with Crippen molar-refractivity contribution in [2.24, 2.45) is 0 Å². The summed E-state index contributed by atoms with van der Waals surface area (Å²) in [6.07, 6.45) is 1.72. The van der Waals surface area contributed by atoms with Crippen LogP contribution in [0.1, 0.15) is 24.0 Å². The van der Waals surface area contributed by atoms with Crippen LogP contribution in [0.25, 0.3) is 21.9 Å². The predicted molar refractivity (Wildman–Crippen MR) is 113 cm³/mol. The fraction of sp³-hybridized carbons (Fsp3) is 0.190. The van der Waals surface area contributed by atoms with Gasteiger partial charge in [0, 0.05) is 29.2 Å². The minimum atomic E-state index is -0.919. The molecular formula is C21H18N4O6. The van der Waals surface area contributed by atoms with Gasteiger partial charge in [-0.15, -0.1) is 0 Å². The number of benzene rings is 2. The molecule has 3 N–H and O–H groups in total. The van der Waals surface area contributed by atoms with E-state index in [1.807, 2.05) is 24.3 Å². The third kappa shape index (κ3) is 3.70. The van der Waals surface area contributed by atoms with Gasteiger partial charge in [0.2, 0.25) is 0 Å². The fourth-order valence-corrected chi connectivity index (χ4v) is 3.71. The van der Waals surface area contributed by atoms with Crippen molar-refractivity contribution in [3.8, 4) is 0 Å². The Bertz CT molecular complexity index is 1430. The third-order valence-electron chi connectivity index (χ3n) is 5.10. The van der Waals surface area contributed by atoms with E-state index >= 15 is 0 Å². The van der Waals surface area contributed by atoms with Crippen LogP contribution in [-0.4, -0.2) is 32.5 Å². The van der Waals surface area contributed by atoms with Gasteiger partial charge in [-0.25, -0.2) is 0 Å². The Morgan fingerprint density at radius 1 is 1.13 bits per heavy atom. The second-order valence-corrected chi connectivity index (χ2v) is 6.99. The largest absolute Gasteiger partial charge is 0.466 e. The van der Waals surface area contributed by atoms with Crippen molar-refractivity contribution in [2.75, 3.05) is 6.61 Å². The number of aromatic amines is 3. The molecule has 2 aromatic heterocycles. The monoisotopic (exact) mass is 422 g/mol. The summed E-state index contributed by atoms with van der Waals surface area (Å²) >= 11 is 0. The fourth-order valence-electron chi connectivity index (χ4n) is 3.71. The summed E-state index contributed by atoms with van der Waals surface area (Å²) in [7, 11) is 0. The van der Waals surface area contributed by atoms with E-state index in [0.29, 0.717) is 11.1 Å². The first kappa shape index (κ1) is 20.1. The van der Waals surface area contributed by atoms with Gasteiger partial charge in [-0.2, -0.15) is 0 Å². The van der Waals surface area contributed by atoms with E-state index in [-0.39, 0.29) is 29.7 Å². The maximum absolute atomic E-state index is 12.9. The molecule has 10 nitrogen and oxygen atoms in total. The Labute approximate surface area is 174 Å². The number of hydrogen-bond acceptors (Lipinski definition) is 6. The van der Waals surface area contributed by atoms with E-state index in [9.17, 15) is 24.5 Å². The number of carbonyl (C=O) groups is 1. The molecular weight excluding hydrogens is 404 g/mol. The minimum absolute atomic E-state index is 0.0147. The van der Waals surface area contributed by atoms with Crippen LogP contribution < -0.4 is 11.1 Å². The molecule has 4 rings (SSSR count). The number of hydrogen-bond donors (Lipinski definition) is 3. The number of H-pyrrole nitrogens is 3. The van der Waals surface area contributed by atoms with Crippen LogP contribution in [0, 0.1) is 10.1 Å². The molecule has 4 aromatic rings. The molecule has 1 unspecified atom stereocenters. The average molecular weight is 422 g/mol. The summed E-state index contributed by atoms with van der Waals surface area (Å²) < 4.78 is 5.27. The Hall–Kier alpha value is -4.21. The normalized spacial score (nSPS) is 12.2. The maximum atomic E-state index is 12.9. The standard InChI is InChI=1S/C21H18N4O6/c1-2-31-21(28)14(15-10-22-16-6-4-3-5-13(15)16)8-11-7-12(25(29)30)9-17-18(11)24-20(27)19(26)23-17/h3-7,9-10,14,22H,2,8H2,1H3,(H,23,26)(H,24,27). The Morgan fingerprint density at radius 3 is 2.61 bits per heavy atom. The predicted octanol–water partition coefficient (Wildman–Crippen LogP) is 2.50. The molecule has 31 heavy (non-hydrogen) atoms. The number of nitrogens with zero attached hydrogens (tertiary/aromatic N) is 1. The molecule has 2 aromatic carbocycles. The first-order valence-electron chi connectivity index (χ1n) is 9.55. The topological polar surface area (TPSA) is 151 Å². The average Bonchev–Trinajstić information content (AvgIpc) is 3.16. The van der Waals surface area contributed by atoms with Crippen molar-refractivity contribution in [1.29, 1.82) is 0 Å². The summed E-state index contributed by atoms with van der Waals surface area (Å²) in [6, 6.07) is 9.88. The number of para-hydroxylation sites is 1. The lowest BCUT2D eigenvalue weighted by molar-refractivity contribution is -0.384. The molecule has 0 aliphatic heterocycles. The number of fused-ring (bicyclic) bond motifs is 2. The lowest BCUT2D eigenvalue weighted by Crippen LogP contribution is -2.29. The molecule has 0 aliphatic rings. The molecule has 0 radical (unpaired) electrons. The second kappa shape index (κ2) is 7.90. The highest BCUT2D eigenvalue weighted by Gasteiger charge is 2.27. The van der Waals surface area contributed by atoms with Crippen LogP contribution in [-0.2, 0) is 16.0 Å². The number of carbonyl (C=O) groups excluding carboxylic acids is 1. The zero-order valence-corrected chi connectivity index (χ0v) is 16.4. The molecule has 0 fully saturated rings. The highest BCUT2D eigenvalue weighted by Crippen LogP contribution is 2.32. The van der Waals surface area contributed by atoms with Crippen LogP contribution in [0.2, 0.25) is 0 Å². The number of aromatic nitrogens is 3. The van der Waals surface area contributed by atoms with Crippen molar-refractivity contribution < 1.29 is 14.5 Å². The molecule has 0 spiro atoms. The molecule has 10 heteroatoms. The van der Waals surface area contributed by atoms with Gasteiger partial charge in [-0.3, -0.25) is 24.5 Å². The first-order chi connectivity index (χ1) is 14.9. The third-order valence-corrected chi connectivity index (χ3v) is 5.10. The van der Waals surface area contributed by atoms with Gasteiger partial charge in [-0.1, -0.05) is 18.2 Å². The summed E-state index contributed by atoms with van der Waals surface area (Å²) in [6.45, 7) is 1.85. The van der Waals surface area contributed by atoms with Crippen LogP contribution in [0.4, 0.5) is 5.69 Å². The van der Waals surface area contributed by atoms with Crippen LogP contribution >= 0.6 is 0 Å². The van der Waals surface area contributed by atoms with Crippen molar-refractivity contribution >= 4 is 33.6 Å². The van der Waals surface area contributed by atoms with Crippen LogP contribution in [0.5, 0.6) is 0 Å². The highest BCUT2D eigenvalue weighted by molar-refractivity contribution is 5.91. The van der Waals surface area contributed by atoms with Gasteiger partial charge in [-0.05, 0) is 30.5 Å². The van der Waals surface area contributed by atoms with Crippen LogP contribution in [0.15, 0.2) is 52.2 Å². The van der Waals surface area contributed by atoms with E-state index in [1.54, 1.807) is 13.1 Å². The zero-order valence-electron chi connectivity index (χ0n) is 16.4. The van der Waals surface area contributed by atoms with Gasteiger partial charge in [0.05, 0.1) is 28.5 Å². The van der Waals surface area contributed by atoms with Crippen LogP contribution in [0.3, 0.4) is 0 Å². The summed E-state index contributed by atoms with van der Waals surface area (Å²) in [5.41, 5.74) is 0.0844. The number of non-ortho nitro benzene ring substituents is 1. The maximum Gasteiger partial charge on any atom is 0.314 e. The summed E-state index contributed by atoms with van der Waals surface area (Å²) in [5, 5.41) is 12.2. The number of nitro benzene ring substituents is 1. The van der Waals surface area contributed by atoms with E-state index in [4.69, 9.17) is 4.74 Å². The van der Waals surface area contributed by atoms with E-state index in [0.717, 1.165) is 10.9 Å². The number of nitro groups is 1. The van der Waals surface area contributed by atoms with Gasteiger partial charge in [0.1, 0.15) is 0 Å². The Morgan fingerprint density at radius 2 is 1.87 bits per heavy atom. The number of rotatable bonds is 6. The molecule has 0 saturated carbocycles. The second-order valence-electron chi connectivity index (χ2n) is 6.99.